The van der Waals surface area contributed by atoms with Gasteiger partial charge in [-0.2, -0.15) is 0 Å². The van der Waals surface area contributed by atoms with Gasteiger partial charge in [-0.1, -0.05) is 0 Å². The van der Waals surface area contributed by atoms with Gasteiger partial charge in [-0.25, -0.2) is 8.78 Å². The van der Waals surface area contributed by atoms with Crippen molar-refractivity contribution in [2.75, 3.05) is 5.73 Å². The lowest BCUT2D eigenvalue weighted by atomic mass is 10.2. The van der Waals surface area contributed by atoms with E-state index in [0.717, 1.165) is 0 Å². The fourth-order valence-corrected chi connectivity index (χ4v) is 1.58. The number of anilines is 1. The number of nitrogens with two attached hydrogens (primary N) is 2. The van der Waals surface area contributed by atoms with E-state index in [1.165, 1.54) is 6.20 Å². The molecule has 1 rings (SSSR count). The average Bonchev–Trinajstić information content (AvgIpc) is 2.09. The number of hydrogen-bond donors (Lipinski definition) is 2. The third-order valence-electron chi connectivity index (χ3n) is 1.58. The van der Waals surface area contributed by atoms with Crippen molar-refractivity contribution >= 4 is 28.3 Å². The summed E-state index contributed by atoms with van der Waals surface area (Å²) in [6, 6.07) is 0. The predicted octanol–water partition coefficient (Wildman–Crippen LogP) is 1.66. The molecule has 0 radical (unpaired) electrons. The van der Waals surface area contributed by atoms with Crippen molar-refractivity contribution in [1.82, 2.24) is 4.98 Å². The Labute approximate surface area is 87.7 Å². The van der Waals surface area contributed by atoms with E-state index in [4.69, 9.17) is 11.5 Å². The number of pyridine rings is 1. The smallest absolute Gasteiger partial charge is 0.280 e. The molecule has 0 bridgehead atoms. The summed E-state index contributed by atoms with van der Waals surface area (Å²) in [7, 11) is 0. The number of halogens is 3. The highest BCUT2D eigenvalue weighted by molar-refractivity contribution is 14.1. The summed E-state index contributed by atoms with van der Waals surface area (Å²) in [6.07, 6.45) is -1.38. The van der Waals surface area contributed by atoms with E-state index < -0.39 is 6.43 Å². The van der Waals surface area contributed by atoms with Crippen molar-refractivity contribution in [3.63, 3.8) is 0 Å². The van der Waals surface area contributed by atoms with Crippen LogP contribution in [-0.4, -0.2) is 4.98 Å². The largest absolute Gasteiger partial charge is 0.397 e. The zero-order valence-electron chi connectivity index (χ0n) is 6.60. The Morgan fingerprint density at radius 2 is 2.15 bits per heavy atom. The van der Waals surface area contributed by atoms with Crippen molar-refractivity contribution in [1.29, 1.82) is 0 Å². The van der Waals surface area contributed by atoms with Crippen molar-refractivity contribution in [3.8, 4) is 0 Å². The first kappa shape index (κ1) is 10.6. The molecule has 72 valence electrons. The average molecular weight is 299 g/mol. The number of alkyl halides is 2. The van der Waals surface area contributed by atoms with Crippen molar-refractivity contribution in [3.05, 3.63) is 21.0 Å². The number of nitrogen functional groups attached to an aromatic ring is 1. The summed E-state index contributed by atoms with van der Waals surface area (Å²) in [4.78, 5) is 3.55. The first-order valence-electron chi connectivity index (χ1n) is 3.49. The van der Waals surface area contributed by atoms with Crippen LogP contribution in [0.15, 0.2) is 6.20 Å². The molecule has 4 N–H and O–H groups in total. The van der Waals surface area contributed by atoms with E-state index in [9.17, 15) is 8.78 Å². The summed E-state index contributed by atoms with van der Waals surface area (Å²) in [5.41, 5.74) is 11.3. The maximum absolute atomic E-state index is 12.4. The van der Waals surface area contributed by atoms with Crippen LogP contribution in [0.1, 0.15) is 17.7 Å². The molecule has 0 aromatic carbocycles. The molecule has 0 aliphatic carbocycles. The minimum Gasteiger partial charge on any atom is -0.397 e. The lowest BCUT2D eigenvalue weighted by molar-refractivity contribution is 0.144. The van der Waals surface area contributed by atoms with Gasteiger partial charge in [0.25, 0.3) is 6.43 Å². The van der Waals surface area contributed by atoms with E-state index in [-0.39, 0.29) is 12.2 Å². The van der Waals surface area contributed by atoms with E-state index in [2.05, 4.69) is 4.98 Å². The van der Waals surface area contributed by atoms with Gasteiger partial charge in [-0.15, -0.1) is 0 Å². The molecule has 0 saturated heterocycles. The van der Waals surface area contributed by atoms with Crippen LogP contribution in [0, 0.1) is 3.57 Å². The van der Waals surface area contributed by atoms with E-state index in [0.29, 0.717) is 14.8 Å². The molecule has 1 aromatic rings. The van der Waals surface area contributed by atoms with Gasteiger partial charge in [0.05, 0.1) is 11.9 Å². The second-order valence-corrected chi connectivity index (χ2v) is 3.47. The molecule has 0 spiro atoms. The van der Waals surface area contributed by atoms with Crippen LogP contribution in [-0.2, 0) is 6.54 Å². The lowest BCUT2D eigenvalue weighted by Crippen LogP contribution is -2.09. The highest BCUT2D eigenvalue weighted by Gasteiger charge is 2.17. The molecule has 0 amide bonds. The van der Waals surface area contributed by atoms with Crippen LogP contribution in [0.3, 0.4) is 0 Å². The van der Waals surface area contributed by atoms with Gasteiger partial charge in [0, 0.05) is 15.7 Å². The van der Waals surface area contributed by atoms with Gasteiger partial charge in [0.1, 0.15) is 5.69 Å². The molecule has 0 saturated carbocycles. The van der Waals surface area contributed by atoms with Gasteiger partial charge in [-0.3, -0.25) is 4.98 Å². The molecule has 0 unspecified atom stereocenters. The SMILES string of the molecule is NCc1c(C(F)F)ncc(N)c1I. The number of hydrogen-bond acceptors (Lipinski definition) is 3. The van der Waals surface area contributed by atoms with Gasteiger partial charge in [-0.05, 0) is 22.6 Å². The minimum absolute atomic E-state index is 0.0238. The van der Waals surface area contributed by atoms with Gasteiger partial charge >= 0.3 is 0 Å². The van der Waals surface area contributed by atoms with Crippen LogP contribution in [0.5, 0.6) is 0 Å². The molecule has 3 nitrogen and oxygen atoms in total. The van der Waals surface area contributed by atoms with Crippen LogP contribution >= 0.6 is 22.6 Å². The number of aromatic nitrogens is 1. The minimum atomic E-state index is -2.60. The van der Waals surface area contributed by atoms with Gasteiger partial charge in [0.15, 0.2) is 0 Å². The molecule has 1 aromatic heterocycles. The van der Waals surface area contributed by atoms with E-state index in [1.54, 1.807) is 0 Å². The Balaban J connectivity index is 3.30. The second kappa shape index (κ2) is 4.14. The molecule has 1 heterocycles. The zero-order valence-corrected chi connectivity index (χ0v) is 8.76. The Morgan fingerprint density at radius 3 is 2.62 bits per heavy atom. The van der Waals surface area contributed by atoms with Crippen LogP contribution in [0.4, 0.5) is 14.5 Å². The molecular weight excluding hydrogens is 291 g/mol. The fraction of sp³-hybridized carbons (Fsp3) is 0.286. The zero-order chi connectivity index (χ0) is 10.0. The van der Waals surface area contributed by atoms with E-state index in [1.807, 2.05) is 22.6 Å². The normalized spacial score (nSPS) is 10.8. The summed E-state index contributed by atoms with van der Waals surface area (Å²) in [5, 5.41) is 0. The van der Waals surface area contributed by atoms with Gasteiger partial charge in [0.2, 0.25) is 0 Å². The maximum atomic E-state index is 12.4. The van der Waals surface area contributed by atoms with Crippen molar-refractivity contribution in [2.45, 2.75) is 13.0 Å². The Hall–Kier alpha value is -0.500. The molecule has 0 aliphatic heterocycles. The van der Waals surface area contributed by atoms with Crippen LogP contribution < -0.4 is 11.5 Å². The highest BCUT2D eigenvalue weighted by atomic mass is 127. The molecule has 0 atom stereocenters. The second-order valence-electron chi connectivity index (χ2n) is 2.40. The van der Waals surface area contributed by atoms with Crippen LogP contribution in [0.25, 0.3) is 0 Å². The van der Waals surface area contributed by atoms with Crippen molar-refractivity contribution in [2.24, 2.45) is 5.73 Å². The number of nitrogens with zero attached hydrogens (tertiary/aromatic N) is 1. The first-order chi connectivity index (χ1) is 6.07. The van der Waals surface area contributed by atoms with Crippen LogP contribution in [0.2, 0.25) is 0 Å². The summed E-state index contributed by atoms with van der Waals surface area (Å²) >= 11 is 1.89. The number of rotatable bonds is 2. The lowest BCUT2D eigenvalue weighted by Gasteiger charge is -2.09. The van der Waals surface area contributed by atoms with E-state index >= 15 is 0 Å². The Kier molecular flexibility index (Phi) is 3.37. The quantitative estimate of drug-likeness (QED) is 0.816. The molecule has 0 fully saturated rings. The standard InChI is InChI=1S/C7H8F2IN3/c8-7(9)6-3(1-11)5(10)4(12)2-13-6/h2,7H,1,11-12H2. The monoisotopic (exact) mass is 299 g/mol. The summed E-state index contributed by atoms with van der Waals surface area (Å²) < 4.78 is 25.3. The Morgan fingerprint density at radius 1 is 1.54 bits per heavy atom. The summed E-state index contributed by atoms with van der Waals surface area (Å²) in [5.74, 6) is 0. The first-order valence-corrected chi connectivity index (χ1v) is 4.56. The Bertz CT molecular complexity index is 317. The maximum Gasteiger partial charge on any atom is 0.280 e. The molecule has 13 heavy (non-hydrogen) atoms. The molecule has 0 aliphatic rings. The van der Waals surface area contributed by atoms with Crippen molar-refractivity contribution < 1.29 is 8.78 Å². The molecule has 6 heteroatoms. The fourth-order valence-electron chi connectivity index (χ4n) is 0.943. The summed E-state index contributed by atoms with van der Waals surface area (Å²) in [6.45, 7) is 0.0238. The topological polar surface area (TPSA) is 64.9 Å². The third-order valence-corrected chi connectivity index (χ3v) is 2.86. The predicted molar refractivity (Wildman–Crippen MR) is 54.2 cm³/mol. The third kappa shape index (κ3) is 2.05. The molecular formula is C7H8F2IN3. The highest BCUT2D eigenvalue weighted by Crippen LogP contribution is 2.27. The van der Waals surface area contributed by atoms with Gasteiger partial charge < -0.3 is 11.5 Å².